The SMILES string of the molecule is CC/C=C\C/C=C\C/C=C\C/C=C\C/C=C\C/C=C\CCCCCCCCCCC(=O)OCC(COP(=O)(O)OCC(O)COP(=O)(O)OCC(O)COC(=O)CCCCCCCCCCCCCCCCC/C=C\C/C=C\C/C=C\C/C=C\CCCCC)OC(=O)CCCCCCC/C=C\C/C=C\CCC. The fourth-order valence-electron chi connectivity index (χ4n) is 11.1. The average Bonchev–Trinajstić information content (AvgIpc) is 0.902. The lowest BCUT2D eigenvalue weighted by Gasteiger charge is -2.21. The summed E-state index contributed by atoms with van der Waals surface area (Å²) in [4.78, 5) is 58.7. The zero-order valence-electron chi connectivity index (χ0n) is 67.3. The van der Waals surface area contributed by atoms with Crippen LogP contribution in [-0.4, -0.2) is 95.9 Å². The number of hydrogen-bond acceptors (Lipinski definition) is 14. The molecule has 0 aliphatic carbocycles. The van der Waals surface area contributed by atoms with Gasteiger partial charge in [0.15, 0.2) is 6.10 Å². The molecule has 5 atom stereocenters. The number of phosphoric ester groups is 2. The van der Waals surface area contributed by atoms with Gasteiger partial charge in [0.25, 0.3) is 0 Å². The number of esters is 3. The molecule has 18 heteroatoms. The first kappa shape index (κ1) is 102. The van der Waals surface area contributed by atoms with E-state index >= 15 is 0 Å². The van der Waals surface area contributed by atoms with Crippen molar-refractivity contribution in [2.75, 3.05) is 39.6 Å². The Labute approximate surface area is 651 Å². The number of hydrogen-bond donors (Lipinski definition) is 4. The van der Waals surface area contributed by atoms with Crippen molar-refractivity contribution in [3.63, 3.8) is 0 Å². The second-order valence-corrected chi connectivity index (χ2v) is 30.8. The highest BCUT2D eigenvalue weighted by Gasteiger charge is 2.29. The molecule has 0 aliphatic heterocycles. The number of ether oxygens (including phenoxy) is 3. The standard InChI is InChI=1S/C89H152O16P2/c1-4-7-10-13-16-19-22-25-27-29-31-33-35-37-39-40-41-42-44-46-47-49-51-53-55-58-60-63-66-69-72-75-87(92)99-78-84(90)79-101-106(95,96)102-80-85(91)81-103-107(97,98)104-83-86(105-89(94)77-74-71-68-65-62-57-24-21-18-15-12-9-6-3)82-100-88(93)76-73-70-67-64-61-59-56-54-52-50-48-45-43-38-36-34-32-30-28-26-23-20-17-14-11-8-5-2/h8,11-12,15-17,19-21,24-28,31-34,37-39,43,48,50,84-86,90-91H,4-7,9-10,13-14,18,22-23,29-30,35-36,40-42,44-47,49,51-83H2,1-3H3,(H,95,96)(H,97,98)/b11-8-,15-12-,19-16-,20-17-,24-21-,27-25-,28-26-,33-31-,34-32-,39-37-,43-38-,50-48-. The largest absolute Gasteiger partial charge is 0.472 e. The Balaban J connectivity index is 4.47. The Morgan fingerprint density at radius 2 is 0.514 bits per heavy atom. The number of phosphoric acid groups is 2. The molecule has 16 nitrogen and oxygen atoms in total. The van der Waals surface area contributed by atoms with Crippen LogP contribution < -0.4 is 0 Å². The van der Waals surface area contributed by atoms with E-state index in [4.69, 9.17) is 32.3 Å². The van der Waals surface area contributed by atoms with Crippen molar-refractivity contribution in [1.82, 2.24) is 0 Å². The number of allylic oxidation sites excluding steroid dienone is 24. The molecule has 0 heterocycles. The molecule has 0 aromatic carbocycles. The predicted octanol–water partition coefficient (Wildman–Crippen LogP) is 25.2. The first-order valence-corrected chi connectivity index (χ1v) is 45.1. The van der Waals surface area contributed by atoms with E-state index in [1.807, 2.05) is 0 Å². The van der Waals surface area contributed by atoms with Gasteiger partial charge in [-0.3, -0.25) is 32.5 Å². The van der Waals surface area contributed by atoms with Crippen LogP contribution in [-0.2, 0) is 55.8 Å². The maximum absolute atomic E-state index is 13.0. The molecule has 0 spiro atoms. The Bertz CT molecular complexity index is 2530. The number of carbonyl (C=O) groups is 3. The van der Waals surface area contributed by atoms with Crippen molar-refractivity contribution >= 4 is 33.6 Å². The van der Waals surface area contributed by atoms with Gasteiger partial charge < -0.3 is 34.2 Å². The Morgan fingerprint density at radius 1 is 0.271 bits per heavy atom. The lowest BCUT2D eigenvalue weighted by molar-refractivity contribution is -0.161. The molecule has 614 valence electrons. The maximum Gasteiger partial charge on any atom is 0.472 e. The van der Waals surface area contributed by atoms with Crippen molar-refractivity contribution in [2.24, 2.45) is 0 Å². The minimum Gasteiger partial charge on any atom is -0.463 e. The second kappa shape index (κ2) is 80.9. The third kappa shape index (κ3) is 82.2. The third-order valence-electron chi connectivity index (χ3n) is 17.5. The molecule has 4 N–H and O–H groups in total. The maximum atomic E-state index is 13.0. The van der Waals surface area contributed by atoms with Gasteiger partial charge in [-0.1, -0.05) is 327 Å². The summed E-state index contributed by atoms with van der Waals surface area (Å²) in [5.74, 6) is -1.60. The van der Waals surface area contributed by atoms with Crippen LogP contribution in [0, 0.1) is 0 Å². The van der Waals surface area contributed by atoms with E-state index < -0.39 is 91.5 Å². The first-order valence-electron chi connectivity index (χ1n) is 42.1. The summed E-state index contributed by atoms with van der Waals surface area (Å²) in [6, 6.07) is 0. The molecule has 0 radical (unpaired) electrons. The number of carbonyl (C=O) groups excluding carboxylic acids is 3. The minimum absolute atomic E-state index is 0.0831. The lowest BCUT2D eigenvalue weighted by Crippen LogP contribution is -2.30. The van der Waals surface area contributed by atoms with Crippen LogP contribution in [0.3, 0.4) is 0 Å². The van der Waals surface area contributed by atoms with Crippen LogP contribution in [0.1, 0.15) is 342 Å². The minimum atomic E-state index is -4.94. The quantitative estimate of drug-likeness (QED) is 0.0146. The summed E-state index contributed by atoms with van der Waals surface area (Å²) < 4.78 is 61.2. The van der Waals surface area contributed by atoms with E-state index in [0.29, 0.717) is 19.3 Å². The highest BCUT2D eigenvalue weighted by Crippen LogP contribution is 2.45. The molecule has 0 aromatic heterocycles. The predicted molar refractivity (Wildman–Crippen MR) is 445 cm³/mol. The van der Waals surface area contributed by atoms with Crippen molar-refractivity contribution in [2.45, 2.75) is 360 Å². The molecule has 0 saturated carbocycles. The van der Waals surface area contributed by atoms with E-state index in [0.717, 1.165) is 167 Å². The number of aliphatic hydroxyl groups excluding tert-OH is 2. The van der Waals surface area contributed by atoms with Crippen LogP contribution in [0.5, 0.6) is 0 Å². The molecular weight excluding hydrogens is 1390 g/mol. The molecule has 0 bridgehead atoms. The van der Waals surface area contributed by atoms with Crippen molar-refractivity contribution < 1.29 is 75.8 Å². The fourth-order valence-corrected chi connectivity index (χ4v) is 12.7. The average molecular weight is 1540 g/mol. The van der Waals surface area contributed by atoms with Crippen molar-refractivity contribution in [3.8, 4) is 0 Å². The zero-order chi connectivity index (χ0) is 78.0. The molecule has 5 unspecified atom stereocenters. The van der Waals surface area contributed by atoms with Gasteiger partial charge >= 0.3 is 33.6 Å². The number of rotatable bonds is 79. The van der Waals surface area contributed by atoms with Gasteiger partial charge in [-0.15, -0.1) is 0 Å². The third-order valence-corrected chi connectivity index (χ3v) is 19.4. The van der Waals surface area contributed by atoms with Gasteiger partial charge in [-0.05, 0) is 141 Å². The monoisotopic (exact) mass is 1540 g/mol. The summed E-state index contributed by atoms with van der Waals surface area (Å²) in [5, 5.41) is 20.7. The highest BCUT2D eigenvalue weighted by atomic mass is 31.2. The Hall–Kier alpha value is -4.57. The van der Waals surface area contributed by atoms with E-state index in [1.165, 1.54) is 116 Å². The van der Waals surface area contributed by atoms with Gasteiger partial charge in [-0.25, -0.2) is 9.13 Å². The topological polar surface area (TPSA) is 231 Å². The summed E-state index contributed by atoms with van der Waals surface area (Å²) in [6.07, 6.45) is 100. The molecule has 107 heavy (non-hydrogen) atoms. The molecule has 0 saturated heterocycles. The van der Waals surface area contributed by atoms with Crippen LogP contribution in [0.15, 0.2) is 146 Å². The first-order chi connectivity index (χ1) is 52.2. The molecule has 0 fully saturated rings. The van der Waals surface area contributed by atoms with E-state index in [9.17, 15) is 43.5 Å². The Kier molecular flexibility index (Phi) is 77.5. The van der Waals surface area contributed by atoms with E-state index in [-0.39, 0.29) is 19.3 Å². The van der Waals surface area contributed by atoms with Gasteiger partial charge in [0, 0.05) is 19.3 Å². The van der Waals surface area contributed by atoms with Crippen molar-refractivity contribution in [1.29, 1.82) is 0 Å². The lowest BCUT2D eigenvalue weighted by atomic mass is 10.0. The summed E-state index contributed by atoms with van der Waals surface area (Å²) >= 11 is 0. The van der Waals surface area contributed by atoms with Gasteiger partial charge in [0.2, 0.25) is 0 Å². The zero-order valence-corrected chi connectivity index (χ0v) is 69.1. The second-order valence-electron chi connectivity index (χ2n) is 27.9. The molecule has 0 amide bonds. The van der Waals surface area contributed by atoms with Gasteiger partial charge in [0.05, 0.1) is 26.4 Å². The van der Waals surface area contributed by atoms with Gasteiger partial charge in [-0.2, -0.15) is 0 Å². The summed E-state index contributed by atoms with van der Waals surface area (Å²) in [7, 11) is -9.80. The number of aliphatic hydroxyl groups is 2. The summed E-state index contributed by atoms with van der Waals surface area (Å²) in [6.45, 7) is 2.46. The van der Waals surface area contributed by atoms with Crippen LogP contribution in [0.2, 0.25) is 0 Å². The summed E-state index contributed by atoms with van der Waals surface area (Å²) in [5.41, 5.74) is 0. The van der Waals surface area contributed by atoms with E-state index in [2.05, 4.69) is 167 Å². The molecule has 0 aliphatic rings. The van der Waals surface area contributed by atoms with Crippen molar-refractivity contribution in [3.05, 3.63) is 146 Å². The normalized spacial score (nSPS) is 14.6. The van der Waals surface area contributed by atoms with Crippen LogP contribution in [0.4, 0.5) is 0 Å². The van der Waals surface area contributed by atoms with E-state index in [1.54, 1.807) is 0 Å². The number of unbranched alkanes of at least 4 members (excludes halogenated alkanes) is 32. The fraction of sp³-hybridized carbons (Fsp3) is 0.697. The molecule has 0 rings (SSSR count). The molecule has 0 aromatic rings. The smallest absolute Gasteiger partial charge is 0.463 e. The molecular formula is C89H152O16P2. The highest BCUT2D eigenvalue weighted by molar-refractivity contribution is 7.47. The Morgan fingerprint density at radius 3 is 0.822 bits per heavy atom. The van der Waals surface area contributed by atoms with Gasteiger partial charge in [0.1, 0.15) is 25.4 Å². The van der Waals surface area contributed by atoms with Crippen LogP contribution >= 0.6 is 15.6 Å². The van der Waals surface area contributed by atoms with Crippen LogP contribution in [0.25, 0.3) is 0 Å².